The summed E-state index contributed by atoms with van der Waals surface area (Å²) < 4.78 is 5.62. The maximum atomic E-state index is 12.6. The summed E-state index contributed by atoms with van der Waals surface area (Å²) in [5, 5.41) is 3.13. The van der Waals surface area contributed by atoms with E-state index in [2.05, 4.69) is 50.9 Å². The van der Waals surface area contributed by atoms with E-state index < -0.39 is 0 Å². The minimum Gasteiger partial charge on any atom is -0.489 e. The van der Waals surface area contributed by atoms with Gasteiger partial charge in [0, 0.05) is 5.56 Å². The standard InChI is InChI=1S/C22H27NO2/c1-6-21(18-11-10-16(4)17(5)12-18)23-22(24)19-8-7-9-20(13-19)25-14-15(2)3/h7-13,21H,2,6,14H2,1,3-5H3,(H,23,24). The predicted molar refractivity (Wildman–Crippen MR) is 103 cm³/mol. The molecule has 0 fully saturated rings. The molecule has 2 rings (SSSR count). The summed E-state index contributed by atoms with van der Waals surface area (Å²) in [4.78, 5) is 12.6. The number of aryl methyl sites for hydroxylation is 2. The van der Waals surface area contributed by atoms with Gasteiger partial charge in [0.1, 0.15) is 12.4 Å². The molecule has 0 radical (unpaired) electrons. The van der Waals surface area contributed by atoms with Crippen molar-refractivity contribution in [2.45, 2.75) is 40.2 Å². The van der Waals surface area contributed by atoms with Crippen LogP contribution in [-0.2, 0) is 0 Å². The lowest BCUT2D eigenvalue weighted by Gasteiger charge is -2.19. The Hall–Kier alpha value is -2.55. The highest BCUT2D eigenvalue weighted by Gasteiger charge is 2.15. The third-order valence-electron chi connectivity index (χ3n) is 4.23. The molecule has 0 saturated heterocycles. The fourth-order valence-corrected chi connectivity index (χ4v) is 2.58. The molecule has 3 nitrogen and oxygen atoms in total. The van der Waals surface area contributed by atoms with Crippen molar-refractivity contribution in [1.29, 1.82) is 0 Å². The van der Waals surface area contributed by atoms with Gasteiger partial charge in [-0.05, 0) is 67.7 Å². The van der Waals surface area contributed by atoms with Gasteiger partial charge >= 0.3 is 0 Å². The molecule has 1 N–H and O–H groups in total. The second-order valence-corrected chi connectivity index (χ2v) is 6.55. The molecule has 1 amide bonds. The molecule has 3 heteroatoms. The number of nitrogens with one attached hydrogen (secondary N) is 1. The summed E-state index contributed by atoms with van der Waals surface area (Å²) >= 11 is 0. The van der Waals surface area contributed by atoms with E-state index in [0.717, 1.165) is 17.6 Å². The average Bonchev–Trinajstić information content (AvgIpc) is 2.60. The molecule has 0 aliphatic carbocycles. The average molecular weight is 337 g/mol. The van der Waals surface area contributed by atoms with Gasteiger partial charge in [0.2, 0.25) is 0 Å². The number of amides is 1. The Labute approximate surface area is 150 Å². The van der Waals surface area contributed by atoms with E-state index in [1.807, 2.05) is 19.1 Å². The van der Waals surface area contributed by atoms with Gasteiger partial charge in [0.15, 0.2) is 0 Å². The molecule has 0 saturated carbocycles. The Morgan fingerprint density at radius 2 is 1.92 bits per heavy atom. The van der Waals surface area contributed by atoms with E-state index in [-0.39, 0.29) is 11.9 Å². The largest absolute Gasteiger partial charge is 0.489 e. The van der Waals surface area contributed by atoms with Crippen LogP contribution in [0.1, 0.15) is 53.4 Å². The Kier molecular flexibility index (Phi) is 6.40. The molecule has 25 heavy (non-hydrogen) atoms. The van der Waals surface area contributed by atoms with Crippen molar-refractivity contribution in [3.8, 4) is 5.75 Å². The lowest BCUT2D eigenvalue weighted by Crippen LogP contribution is -2.28. The van der Waals surface area contributed by atoms with Crippen molar-refractivity contribution in [2.75, 3.05) is 6.61 Å². The molecule has 0 bridgehead atoms. The minimum atomic E-state index is -0.0918. The van der Waals surface area contributed by atoms with E-state index in [9.17, 15) is 4.79 Å². The van der Waals surface area contributed by atoms with Crippen LogP contribution in [-0.4, -0.2) is 12.5 Å². The van der Waals surface area contributed by atoms with Gasteiger partial charge < -0.3 is 10.1 Å². The zero-order valence-electron chi connectivity index (χ0n) is 15.6. The lowest BCUT2D eigenvalue weighted by atomic mass is 9.99. The van der Waals surface area contributed by atoms with Gasteiger partial charge in [0.25, 0.3) is 5.91 Å². The summed E-state index contributed by atoms with van der Waals surface area (Å²) in [6, 6.07) is 13.6. The van der Waals surface area contributed by atoms with Gasteiger partial charge in [-0.1, -0.05) is 37.8 Å². The molecule has 0 aliphatic rings. The van der Waals surface area contributed by atoms with E-state index >= 15 is 0 Å². The van der Waals surface area contributed by atoms with E-state index in [1.165, 1.54) is 11.1 Å². The fraction of sp³-hybridized carbons (Fsp3) is 0.318. The number of carbonyl (C=O) groups excluding carboxylic acids is 1. The minimum absolute atomic E-state index is 0.00760. The molecule has 0 spiro atoms. The van der Waals surface area contributed by atoms with Crippen molar-refractivity contribution in [2.24, 2.45) is 0 Å². The number of rotatable bonds is 7. The van der Waals surface area contributed by atoms with Crippen LogP contribution in [0.2, 0.25) is 0 Å². The number of hydrogen-bond donors (Lipinski definition) is 1. The summed E-state index contributed by atoms with van der Waals surface area (Å²) in [6.45, 7) is 12.4. The third kappa shape index (κ3) is 5.21. The van der Waals surface area contributed by atoms with Crippen molar-refractivity contribution in [3.63, 3.8) is 0 Å². The second-order valence-electron chi connectivity index (χ2n) is 6.55. The van der Waals surface area contributed by atoms with Gasteiger partial charge in [-0.3, -0.25) is 4.79 Å². The Balaban J connectivity index is 2.12. The van der Waals surface area contributed by atoms with Gasteiger partial charge in [-0.25, -0.2) is 0 Å². The smallest absolute Gasteiger partial charge is 0.251 e. The first-order valence-corrected chi connectivity index (χ1v) is 8.66. The molecular formula is C22H27NO2. The zero-order chi connectivity index (χ0) is 18.4. The van der Waals surface area contributed by atoms with Crippen molar-refractivity contribution < 1.29 is 9.53 Å². The zero-order valence-corrected chi connectivity index (χ0v) is 15.6. The molecule has 1 atom stereocenters. The molecular weight excluding hydrogens is 310 g/mol. The summed E-state index contributed by atoms with van der Waals surface area (Å²) in [6.07, 6.45) is 0.833. The number of benzene rings is 2. The van der Waals surface area contributed by atoms with Crippen LogP contribution in [0.15, 0.2) is 54.6 Å². The molecule has 1 unspecified atom stereocenters. The Morgan fingerprint density at radius 1 is 1.16 bits per heavy atom. The lowest BCUT2D eigenvalue weighted by molar-refractivity contribution is 0.0935. The van der Waals surface area contributed by atoms with Crippen molar-refractivity contribution in [1.82, 2.24) is 5.32 Å². The first kappa shape index (κ1) is 18.8. The monoisotopic (exact) mass is 337 g/mol. The maximum Gasteiger partial charge on any atom is 0.251 e. The Morgan fingerprint density at radius 3 is 2.56 bits per heavy atom. The van der Waals surface area contributed by atoms with Gasteiger partial charge in [-0.2, -0.15) is 0 Å². The fourth-order valence-electron chi connectivity index (χ4n) is 2.58. The van der Waals surface area contributed by atoms with Crippen molar-refractivity contribution in [3.05, 3.63) is 76.9 Å². The Bertz CT molecular complexity index is 764. The highest BCUT2D eigenvalue weighted by molar-refractivity contribution is 5.94. The molecule has 0 heterocycles. The van der Waals surface area contributed by atoms with Crippen LogP contribution >= 0.6 is 0 Å². The highest BCUT2D eigenvalue weighted by Crippen LogP contribution is 2.21. The number of hydrogen-bond acceptors (Lipinski definition) is 2. The summed E-state index contributed by atoms with van der Waals surface area (Å²) in [5.74, 6) is 0.584. The van der Waals surface area contributed by atoms with Crippen LogP contribution in [0.4, 0.5) is 0 Å². The number of ether oxygens (including phenoxy) is 1. The highest BCUT2D eigenvalue weighted by atomic mass is 16.5. The van der Waals surface area contributed by atoms with Gasteiger partial charge in [0.05, 0.1) is 6.04 Å². The first-order valence-electron chi connectivity index (χ1n) is 8.66. The summed E-state index contributed by atoms with van der Waals surface area (Å²) in [7, 11) is 0. The SMILES string of the molecule is C=C(C)COc1cccc(C(=O)NC(CC)c2ccc(C)c(C)c2)c1. The first-order chi connectivity index (χ1) is 11.9. The van der Waals surface area contributed by atoms with E-state index in [1.54, 1.807) is 12.1 Å². The quantitative estimate of drug-likeness (QED) is 0.711. The van der Waals surface area contributed by atoms with E-state index in [4.69, 9.17) is 4.74 Å². The topological polar surface area (TPSA) is 38.3 Å². The third-order valence-corrected chi connectivity index (χ3v) is 4.23. The van der Waals surface area contributed by atoms with Crippen LogP contribution in [0, 0.1) is 13.8 Å². The number of carbonyl (C=O) groups is 1. The van der Waals surface area contributed by atoms with Crippen LogP contribution in [0.25, 0.3) is 0 Å². The van der Waals surface area contributed by atoms with Crippen molar-refractivity contribution >= 4 is 5.91 Å². The molecule has 2 aromatic carbocycles. The molecule has 0 aromatic heterocycles. The second kappa shape index (κ2) is 8.52. The molecule has 2 aromatic rings. The van der Waals surface area contributed by atoms with Crippen LogP contribution in [0.5, 0.6) is 5.75 Å². The van der Waals surface area contributed by atoms with Crippen LogP contribution in [0.3, 0.4) is 0 Å². The van der Waals surface area contributed by atoms with Crippen LogP contribution < -0.4 is 10.1 Å². The molecule has 132 valence electrons. The molecule has 0 aliphatic heterocycles. The van der Waals surface area contributed by atoms with E-state index in [0.29, 0.717) is 17.9 Å². The van der Waals surface area contributed by atoms with Gasteiger partial charge in [-0.15, -0.1) is 0 Å². The predicted octanol–water partition coefficient (Wildman–Crippen LogP) is 5.14. The normalized spacial score (nSPS) is 11.7. The summed E-state index contributed by atoms with van der Waals surface area (Å²) in [5.41, 5.74) is 5.17. The maximum absolute atomic E-state index is 12.6.